The molecule has 6 rings (SSSR count). The maximum absolute atomic E-state index is 6.36. The van der Waals surface area contributed by atoms with Crippen LogP contribution in [0.15, 0.2) is 54.1 Å². The Balaban J connectivity index is 1.61. The lowest BCUT2D eigenvalue weighted by molar-refractivity contribution is -0.0601. The fourth-order valence-corrected chi connectivity index (χ4v) is 4.78. The van der Waals surface area contributed by atoms with Gasteiger partial charge in [0, 0.05) is 16.6 Å². The molecule has 2 aromatic heterocycles. The third-order valence-corrected chi connectivity index (χ3v) is 7.14. The molecule has 1 aliphatic carbocycles. The van der Waals surface area contributed by atoms with Gasteiger partial charge >= 0.3 is 0 Å². The van der Waals surface area contributed by atoms with E-state index in [1.54, 1.807) is 0 Å². The summed E-state index contributed by atoms with van der Waals surface area (Å²) in [7, 11) is 0. The van der Waals surface area contributed by atoms with E-state index in [4.69, 9.17) is 14.5 Å². The molecular weight excluding hydrogens is 372 g/mol. The van der Waals surface area contributed by atoms with Gasteiger partial charge in [0.25, 0.3) is 0 Å². The summed E-state index contributed by atoms with van der Waals surface area (Å²) in [5.74, 6) is 0. The van der Waals surface area contributed by atoms with Crippen LogP contribution < -0.4 is 0 Å². The zero-order valence-corrected chi connectivity index (χ0v) is 17.9. The highest BCUT2D eigenvalue weighted by Crippen LogP contribution is 2.43. The summed E-state index contributed by atoms with van der Waals surface area (Å²) in [6.45, 7) is 8.45. The zero-order valence-electron chi connectivity index (χ0n) is 17.9. The summed E-state index contributed by atoms with van der Waals surface area (Å²) in [5.41, 5.74) is 6.39. The molecule has 0 spiro atoms. The number of pyridine rings is 1. The van der Waals surface area contributed by atoms with E-state index in [0.717, 1.165) is 24.0 Å². The van der Waals surface area contributed by atoms with Crippen LogP contribution >= 0.6 is 0 Å². The molecule has 0 unspecified atom stereocenters. The average Bonchev–Trinajstić information content (AvgIpc) is 3.22. The van der Waals surface area contributed by atoms with Gasteiger partial charge in [-0.1, -0.05) is 36.4 Å². The second kappa shape index (κ2) is 5.93. The molecule has 3 heterocycles. The highest BCUT2D eigenvalue weighted by molar-refractivity contribution is 6.03. The van der Waals surface area contributed by atoms with Crippen molar-refractivity contribution >= 4 is 33.5 Å². The summed E-state index contributed by atoms with van der Waals surface area (Å²) >= 11 is 0. The van der Waals surface area contributed by atoms with Crippen LogP contribution in [0.3, 0.4) is 0 Å². The van der Waals surface area contributed by atoms with Gasteiger partial charge in [-0.05, 0) is 69.7 Å². The van der Waals surface area contributed by atoms with Crippen molar-refractivity contribution in [3.05, 3.63) is 65.4 Å². The van der Waals surface area contributed by atoms with E-state index in [1.165, 1.54) is 33.1 Å². The SMILES string of the molecule is CC1(C)OC(C2=Cc3c(n4c5ccccc5nc4c4ccccc34)CC2)OC1(C)C. The molecule has 0 atom stereocenters. The minimum Gasteiger partial charge on any atom is -0.340 e. The number of hydrogen-bond acceptors (Lipinski definition) is 3. The Morgan fingerprint density at radius 2 is 1.53 bits per heavy atom. The monoisotopic (exact) mass is 398 g/mol. The fourth-order valence-electron chi connectivity index (χ4n) is 4.78. The smallest absolute Gasteiger partial charge is 0.181 e. The van der Waals surface area contributed by atoms with Crippen molar-refractivity contribution in [1.29, 1.82) is 0 Å². The zero-order chi connectivity index (χ0) is 20.7. The molecule has 0 saturated carbocycles. The highest BCUT2D eigenvalue weighted by Gasteiger charge is 2.50. The normalized spacial score (nSPS) is 20.7. The first-order valence-corrected chi connectivity index (χ1v) is 10.7. The molecule has 2 aliphatic rings. The summed E-state index contributed by atoms with van der Waals surface area (Å²) in [6, 6.07) is 17.0. The second-order valence-electron chi connectivity index (χ2n) is 9.47. The molecule has 0 amide bonds. The Kier molecular flexibility index (Phi) is 3.58. The number of para-hydroxylation sites is 2. The van der Waals surface area contributed by atoms with Gasteiger partial charge in [-0.3, -0.25) is 4.40 Å². The van der Waals surface area contributed by atoms with E-state index in [9.17, 15) is 0 Å². The summed E-state index contributed by atoms with van der Waals surface area (Å²) < 4.78 is 15.1. The van der Waals surface area contributed by atoms with Crippen LogP contribution in [0.4, 0.5) is 0 Å². The number of ether oxygens (including phenoxy) is 2. The molecule has 4 aromatic rings. The Bertz CT molecular complexity index is 1340. The second-order valence-corrected chi connectivity index (χ2v) is 9.47. The topological polar surface area (TPSA) is 35.8 Å². The number of hydrogen-bond donors (Lipinski definition) is 0. The fraction of sp³-hybridized carbons (Fsp3) is 0.346. The van der Waals surface area contributed by atoms with Crippen LogP contribution in [0.25, 0.3) is 33.5 Å². The van der Waals surface area contributed by atoms with Crippen molar-refractivity contribution in [1.82, 2.24) is 9.38 Å². The van der Waals surface area contributed by atoms with Crippen molar-refractivity contribution in [2.75, 3.05) is 0 Å². The molecule has 1 aliphatic heterocycles. The lowest BCUT2D eigenvalue weighted by Gasteiger charge is -2.30. The molecule has 0 N–H and O–H groups in total. The largest absolute Gasteiger partial charge is 0.340 e. The van der Waals surface area contributed by atoms with Crippen LogP contribution in [-0.4, -0.2) is 26.9 Å². The Morgan fingerprint density at radius 1 is 0.867 bits per heavy atom. The van der Waals surface area contributed by atoms with E-state index in [2.05, 4.69) is 86.7 Å². The first kappa shape index (κ1) is 18.1. The quantitative estimate of drug-likeness (QED) is 0.400. The minimum absolute atomic E-state index is 0.294. The van der Waals surface area contributed by atoms with E-state index in [0.29, 0.717) is 0 Å². The van der Waals surface area contributed by atoms with E-state index in [1.807, 2.05) is 0 Å². The van der Waals surface area contributed by atoms with Gasteiger partial charge < -0.3 is 9.47 Å². The first-order chi connectivity index (χ1) is 14.4. The molecule has 152 valence electrons. The average molecular weight is 399 g/mol. The van der Waals surface area contributed by atoms with Gasteiger partial charge in [-0.15, -0.1) is 0 Å². The Morgan fingerprint density at radius 3 is 2.30 bits per heavy atom. The maximum atomic E-state index is 6.36. The minimum atomic E-state index is -0.328. The highest BCUT2D eigenvalue weighted by atomic mass is 16.7. The number of rotatable bonds is 1. The summed E-state index contributed by atoms with van der Waals surface area (Å²) in [6.07, 6.45) is 3.87. The number of fused-ring (bicyclic) bond motifs is 8. The van der Waals surface area contributed by atoms with Crippen LogP contribution in [0.5, 0.6) is 0 Å². The van der Waals surface area contributed by atoms with Gasteiger partial charge in [-0.2, -0.15) is 0 Å². The Hall–Kier alpha value is -2.69. The van der Waals surface area contributed by atoms with Gasteiger partial charge in [0.05, 0.1) is 22.2 Å². The summed E-state index contributed by atoms with van der Waals surface area (Å²) in [4.78, 5) is 4.98. The molecule has 2 aromatic carbocycles. The molecule has 30 heavy (non-hydrogen) atoms. The van der Waals surface area contributed by atoms with Gasteiger partial charge in [0.15, 0.2) is 6.29 Å². The lowest BCUT2D eigenvalue weighted by atomic mass is 9.90. The van der Waals surface area contributed by atoms with Crippen molar-refractivity contribution in [3.63, 3.8) is 0 Å². The number of benzene rings is 2. The molecule has 0 radical (unpaired) electrons. The van der Waals surface area contributed by atoms with E-state index >= 15 is 0 Å². The van der Waals surface area contributed by atoms with Crippen molar-refractivity contribution in [2.45, 2.75) is 58.0 Å². The van der Waals surface area contributed by atoms with Crippen molar-refractivity contribution < 1.29 is 9.47 Å². The number of imidazole rings is 1. The van der Waals surface area contributed by atoms with Crippen LogP contribution in [0.1, 0.15) is 45.4 Å². The molecule has 0 bridgehead atoms. The van der Waals surface area contributed by atoms with Gasteiger partial charge in [-0.25, -0.2) is 4.98 Å². The third-order valence-electron chi connectivity index (χ3n) is 7.14. The molecule has 4 nitrogen and oxygen atoms in total. The molecule has 1 fully saturated rings. The summed E-state index contributed by atoms with van der Waals surface area (Å²) in [5, 5.41) is 2.42. The number of aromatic nitrogens is 2. The molecular formula is C26H26N2O2. The van der Waals surface area contributed by atoms with Gasteiger partial charge in [0.1, 0.15) is 5.65 Å². The van der Waals surface area contributed by atoms with Crippen LogP contribution in [-0.2, 0) is 15.9 Å². The number of aryl methyl sites for hydroxylation is 1. The molecule has 4 heteroatoms. The van der Waals surface area contributed by atoms with Crippen molar-refractivity contribution in [3.8, 4) is 0 Å². The van der Waals surface area contributed by atoms with Crippen LogP contribution in [0, 0.1) is 0 Å². The van der Waals surface area contributed by atoms with Crippen LogP contribution in [0.2, 0.25) is 0 Å². The van der Waals surface area contributed by atoms with Gasteiger partial charge in [0.2, 0.25) is 0 Å². The van der Waals surface area contributed by atoms with E-state index in [-0.39, 0.29) is 17.5 Å². The third kappa shape index (κ3) is 2.38. The maximum Gasteiger partial charge on any atom is 0.181 e. The molecule has 1 saturated heterocycles. The van der Waals surface area contributed by atoms with E-state index < -0.39 is 0 Å². The predicted molar refractivity (Wildman–Crippen MR) is 121 cm³/mol. The first-order valence-electron chi connectivity index (χ1n) is 10.7. The number of nitrogens with zero attached hydrogens (tertiary/aromatic N) is 2. The Labute approximate surface area is 176 Å². The lowest BCUT2D eigenvalue weighted by Crippen LogP contribution is -2.41. The van der Waals surface area contributed by atoms with Crippen molar-refractivity contribution in [2.24, 2.45) is 0 Å². The standard InChI is InChI=1S/C26H26N2O2/c1-25(2)26(3,4)30-24(29-25)16-13-14-21-19(15-16)17-9-5-6-10-18(17)23-27-20-11-7-8-12-22(20)28(21)23/h5-12,15,24H,13-14H2,1-4H3. The predicted octanol–water partition coefficient (Wildman–Crippen LogP) is 5.90.